The van der Waals surface area contributed by atoms with E-state index >= 15 is 0 Å². The maximum atomic E-state index is 12.4. The van der Waals surface area contributed by atoms with Gasteiger partial charge in [0.2, 0.25) is 5.91 Å². The molecule has 0 aliphatic carbocycles. The molecule has 0 bridgehead atoms. The molecule has 2 aromatic rings. The van der Waals surface area contributed by atoms with E-state index in [9.17, 15) is 9.59 Å². The molecule has 0 atom stereocenters. The van der Waals surface area contributed by atoms with Gasteiger partial charge < -0.3 is 19.5 Å². The van der Waals surface area contributed by atoms with Crippen molar-refractivity contribution in [1.29, 1.82) is 0 Å². The van der Waals surface area contributed by atoms with Crippen LogP contribution < -0.4 is 5.32 Å². The van der Waals surface area contributed by atoms with Crippen LogP contribution in [-0.2, 0) is 4.79 Å². The number of hydrogen-bond acceptors (Lipinski definition) is 4. The van der Waals surface area contributed by atoms with Gasteiger partial charge in [-0.05, 0) is 49.2 Å². The largest absolute Gasteiger partial charge is 0.459 e. The predicted molar refractivity (Wildman–Crippen MR) is 100 cm³/mol. The molecule has 0 unspecified atom stereocenters. The third-order valence-corrected chi connectivity index (χ3v) is 4.54. The molecule has 1 fully saturated rings. The lowest BCUT2D eigenvalue weighted by molar-refractivity contribution is -0.132. The van der Waals surface area contributed by atoms with Gasteiger partial charge >= 0.3 is 0 Å². The molecule has 26 heavy (non-hydrogen) atoms. The minimum Gasteiger partial charge on any atom is -0.459 e. The minimum atomic E-state index is -0.112. The van der Waals surface area contributed by atoms with Gasteiger partial charge in [-0.1, -0.05) is 6.07 Å². The van der Waals surface area contributed by atoms with Crippen molar-refractivity contribution in [3.05, 3.63) is 53.5 Å². The predicted octanol–water partition coefficient (Wildman–Crippen LogP) is 2.68. The molecule has 2 amide bonds. The van der Waals surface area contributed by atoms with Crippen LogP contribution in [0.5, 0.6) is 0 Å². The van der Waals surface area contributed by atoms with Gasteiger partial charge in [0.1, 0.15) is 0 Å². The Morgan fingerprint density at radius 1 is 1.04 bits per heavy atom. The molecule has 2 heterocycles. The van der Waals surface area contributed by atoms with Crippen molar-refractivity contribution in [2.24, 2.45) is 0 Å². The summed E-state index contributed by atoms with van der Waals surface area (Å²) in [5, 5.41) is 3.32. The number of piperazine rings is 1. The quantitative estimate of drug-likeness (QED) is 0.896. The van der Waals surface area contributed by atoms with Gasteiger partial charge in [0.25, 0.3) is 5.91 Å². The van der Waals surface area contributed by atoms with Crippen molar-refractivity contribution in [3.63, 3.8) is 0 Å². The highest BCUT2D eigenvalue weighted by Crippen LogP contribution is 2.14. The molecule has 1 saturated heterocycles. The first-order valence-electron chi connectivity index (χ1n) is 8.95. The molecule has 1 aromatic carbocycles. The number of amides is 2. The Morgan fingerprint density at radius 3 is 2.31 bits per heavy atom. The van der Waals surface area contributed by atoms with Crippen LogP contribution in [0.25, 0.3) is 0 Å². The van der Waals surface area contributed by atoms with E-state index in [1.165, 1.54) is 17.4 Å². The molecule has 1 aliphatic heterocycles. The highest BCUT2D eigenvalue weighted by molar-refractivity contribution is 5.91. The van der Waals surface area contributed by atoms with Crippen molar-refractivity contribution >= 4 is 17.5 Å². The fraction of sp³-hybridized carbons (Fsp3) is 0.400. The normalized spacial score (nSPS) is 14.4. The number of rotatable bonds is 5. The monoisotopic (exact) mass is 355 g/mol. The SMILES string of the molecule is Cc1cc(C)cc(NCCC(=O)N2CCN(C(=O)c3ccco3)CC2)c1. The zero-order chi connectivity index (χ0) is 18.5. The van der Waals surface area contributed by atoms with Gasteiger partial charge in [-0.3, -0.25) is 9.59 Å². The summed E-state index contributed by atoms with van der Waals surface area (Å²) in [6, 6.07) is 9.65. The van der Waals surface area contributed by atoms with Crippen LogP contribution in [0.2, 0.25) is 0 Å². The number of nitrogens with one attached hydrogen (secondary N) is 1. The minimum absolute atomic E-state index is 0.112. The summed E-state index contributed by atoms with van der Waals surface area (Å²) in [6.45, 7) is 6.93. The zero-order valence-electron chi connectivity index (χ0n) is 15.3. The van der Waals surface area contributed by atoms with Crippen molar-refractivity contribution in [2.75, 3.05) is 38.0 Å². The number of carbonyl (C=O) groups is 2. The van der Waals surface area contributed by atoms with Crippen LogP contribution in [0.1, 0.15) is 28.1 Å². The second kappa shape index (κ2) is 8.08. The van der Waals surface area contributed by atoms with Crippen LogP contribution in [0.3, 0.4) is 0 Å². The van der Waals surface area contributed by atoms with Crippen LogP contribution in [-0.4, -0.2) is 54.3 Å². The first kappa shape index (κ1) is 18.0. The van der Waals surface area contributed by atoms with Gasteiger partial charge in [0, 0.05) is 44.8 Å². The van der Waals surface area contributed by atoms with E-state index < -0.39 is 0 Å². The Bertz CT molecular complexity index is 742. The lowest BCUT2D eigenvalue weighted by atomic mass is 10.1. The fourth-order valence-electron chi connectivity index (χ4n) is 3.26. The Morgan fingerprint density at radius 2 is 1.69 bits per heavy atom. The molecule has 0 radical (unpaired) electrons. The first-order chi connectivity index (χ1) is 12.5. The first-order valence-corrected chi connectivity index (χ1v) is 8.95. The number of hydrogen-bond donors (Lipinski definition) is 1. The van der Waals surface area contributed by atoms with E-state index in [-0.39, 0.29) is 11.8 Å². The molecule has 1 N–H and O–H groups in total. The average Bonchev–Trinajstić information content (AvgIpc) is 3.15. The third kappa shape index (κ3) is 4.45. The fourth-order valence-corrected chi connectivity index (χ4v) is 3.26. The number of aryl methyl sites for hydroxylation is 2. The third-order valence-electron chi connectivity index (χ3n) is 4.54. The summed E-state index contributed by atoms with van der Waals surface area (Å²) in [6.07, 6.45) is 1.94. The van der Waals surface area contributed by atoms with Gasteiger partial charge in [-0.15, -0.1) is 0 Å². The number of benzene rings is 1. The second-order valence-corrected chi connectivity index (χ2v) is 6.70. The van der Waals surface area contributed by atoms with E-state index in [0.29, 0.717) is 44.9 Å². The number of anilines is 1. The van der Waals surface area contributed by atoms with Gasteiger partial charge in [-0.25, -0.2) is 0 Å². The molecule has 1 aromatic heterocycles. The number of carbonyl (C=O) groups excluding carboxylic acids is 2. The Labute approximate surface area is 153 Å². The number of nitrogens with zero attached hydrogens (tertiary/aromatic N) is 2. The standard InChI is InChI=1S/C20H25N3O3/c1-15-12-16(2)14-17(13-15)21-6-5-19(24)22-7-9-23(10-8-22)20(25)18-4-3-11-26-18/h3-4,11-14,21H,5-10H2,1-2H3. The molecule has 138 valence electrons. The molecule has 6 heteroatoms. The molecular formula is C20H25N3O3. The molecule has 0 spiro atoms. The molecule has 6 nitrogen and oxygen atoms in total. The van der Waals surface area contributed by atoms with E-state index in [2.05, 4.69) is 37.4 Å². The van der Waals surface area contributed by atoms with E-state index in [1.54, 1.807) is 17.0 Å². The van der Waals surface area contributed by atoms with Crippen molar-refractivity contribution in [1.82, 2.24) is 9.80 Å². The average molecular weight is 355 g/mol. The summed E-state index contributed by atoms with van der Waals surface area (Å²) >= 11 is 0. The summed E-state index contributed by atoms with van der Waals surface area (Å²) in [5.74, 6) is 0.355. The summed E-state index contributed by atoms with van der Waals surface area (Å²) < 4.78 is 5.15. The van der Waals surface area contributed by atoms with E-state index in [4.69, 9.17) is 4.42 Å². The van der Waals surface area contributed by atoms with Crippen molar-refractivity contribution < 1.29 is 14.0 Å². The topological polar surface area (TPSA) is 65.8 Å². The Hall–Kier alpha value is -2.76. The van der Waals surface area contributed by atoms with Crippen molar-refractivity contribution in [2.45, 2.75) is 20.3 Å². The van der Waals surface area contributed by atoms with Crippen LogP contribution in [0.4, 0.5) is 5.69 Å². The highest BCUT2D eigenvalue weighted by Gasteiger charge is 2.25. The molecular weight excluding hydrogens is 330 g/mol. The van der Waals surface area contributed by atoms with E-state index in [0.717, 1.165) is 5.69 Å². The smallest absolute Gasteiger partial charge is 0.289 e. The Kier molecular flexibility index (Phi) is 5.61. The van der Waals surface area contributed by atoms with Crippen LogP contribution in [0, 0.1) is 13.8 Å². The van der Waals surface area contributed by atoms with Gasteiger partial charge in [-0.2, -0.15) is 0 Å². The lowest BCUT2D eigenvalue weighted by Crippen LogP contribution is -2.50. The summed E-state index contributed by atoms with van der Waals surface area (Å²) in [4.78, 5) is 28.2. The highest BCUT2D eigenvalue weighted by atomic mass is 16.3. The zero-order valence-corrected chi connectivity index (χ0v) is 15.3. The lowest BCUT2D eigenvalue weighted by Gasteiger charge is -2.34. The second-order valence-electron chi connectivity index (χ2n) is 6.70. The van der Waals surface area contributed by atoms with Crippen molar-refractivity contribution in [3.8, 4) is 0 Å². The van der Waals surface area contributed by atoms with Gasteiger partial charge in [0.15, 0.2) is 5.76 Å². The maximum absolute atomic E-state index is 12.4. The Balaban J connectivity index is 1.43. The van der Waals surface area contributed by atoms with Crippen LogP contribution >= 0.6 is 0 Å². The number of furan rings is 1. The van der Waals surface area contributed by atoms with Crippen LogP contribution in [0.15, 0.2) is 41.0 Å². The van der Waals surface area contributed by atoms with E-state index in [1.807, 2.05) is 4.90 Å². The maximum Gasteiger partial charge on any atom is 0.289 e. The molecule has 0 saturated carbocycles. The molecule has 3 rings (SSSR count). The van der Waals surface area contributed by atoms with Gasteiger partial charge in [0.05, 0.1) is 6.26 Å². The molecule has 1 aliphatic rings. The summed E-state index contributed by atoms with van der Waals surface area (Å²) in [7, 11) is 0. The summed E-state index contributed by atoms with van der Waals surface area (Å²) in [5.41, 5.74) is 3.46.